The number of nitrogens with zero attached hydrogens (tertiary/aromatic N) is 3. The van der Waals surface area contributed by atoms with Crippen molar-refractivity contribution in [3.63, 3.8) is 0 Å². The lowest BCUT2D eigenvalue weighted by Gasteiger charge is -2.39. The maximum absolute atomic E-state index is 13.7. The molecule has 2 amide bonds. The van der Waals surface area contributed by atoms with Crippen LogP contribution in [-0.4, -0.2) is 72.3 Å². The Morgan fingerprint density at radius 2 is 1.78 bits per heavy atom. The molecule has 0 saturated carbocycles. The van der Waals surface area contributed by atoms with Gasteiger partial charge in [0.05, 0.1) is 18.7 Å². The topological polar surface area (TPSA) is 78.0 Å². The summed E-state index contributed by atoms with van der Waals surface area (Å²) in [5, 5.41) is 1.98. The molecule has 1 aliphatic rings. The summed E-state index contributed by atoms with van der Waals surface area (Å²) in [6.45, 7) is 7.55. The predicted octanol–water partition coefficient (Wildman–Crippen LogP) is 4.01. The van der Waals surface area contributed by atoms with Crippen LogP contribution in [0.2, 0.25) is 0 Å². The molecule has 1 aliphatic heterocycles. The molecule has 2 aromatic rings. The molecule has 1 fully saturated rings. The number of carbonyl (C=O) groups is 2. The van der Waals surface area contributed by atoms with Gasteiger partial charge in [-0.05, 0) is 42.2 Å². The Labute approximate surface area is 220 Å². The van der Waals surface area contributed by atoms with E-state index < -0.39 is 10.0 Å². The highest BCUT2D eigenvalue weighted by Gasteiger charge is 2.33. The lowest BCUT2D eigenvalue weighted by atomic mass is 10.0. The summed E-state index contributed by atoms with van der Waals surface area (Å²) in [5.41, 5.74) is 1.01. The van der Waals surface area contributed by atoms with Gasteiger partial charge >= 0.3 is 0 Å². The SMILES string of the molecule is CCCS(=O)(=O)N(CC(=O)N(Cc1ccccc1)C1CCN(C(=O)Cc2cccs2)CC1)CC(C)C. The first-order valence-electron chi connectivity index (χ1n) is 12.8. The zero-order valence-electron chi connectivity index (χ0n) is 21.6. The Kier molecular flexibility index (Phi) is 10.5. The minimum Gasteiger partial charge on any atom is -0.342 e. The first-order chi connectivity index (χ1) is 17.2. The number of sulfonamides is 1. The number of amides is 2. The Hall–Kier alpha value is -2.23. The smallest absolute Gasteiger partial charge is 0.238 e. The first-order valence-corrected chi connectivity index (χ1v) is 15.3. The van der Waals surface area contributed by atoms with E-state index in [1.165, 1.54) is 4.31 Å². The third-order valence-electron chi connectivity index (χ3n) is 6.42. The quantitative estimate of drug-likeness (QED) is 0.413. The Morgan fingerprint density at radius 3 is 2.36 bits per heavy atom. The van der Waals surface area contributed by atoms with Crippen molar-refractivity contribution in [2.45, 2.75) is 59.0 Å². The summed E-state index contributed by atoms with van der Waals surface area (Å²) < 4.78 is 27.2. The summed E-state index contributed by atoms with van der Waals surface area (Å²) in [4.78, 5) is 31.2. The zero-order chi connectivity index (χ0) is 26.1. The molecule has 0 radical (unpaired) electrons. The van der Waals surface area contributed by atoms with Gasteiger partial charge in [-0.25, -0.2) is 8.42 Å². The van der Waals surface area contributed by atoms with E-state index in [4.69, 9.17) is 0 Å². The van der Waals surface area contributed by atoms with E-state index >= 15 is 0 Å². The molecule has 0 atom stereocenters. The largest absolute Gasteiger partial charge is 0.342 e. The van der Waals surface area contributed by atoms with Crippen LogP contribution >= 0.6 is 11.3 Å². The number of hydrogen-bond acceptors (Lipinski definition) is 5. The van der Waals surface area contributed by atoms with Gasteiger partial charge in [0, 0.05) is 37.1 Å². The van der Waals surface area contributed by atoms with E-state index in [1.54, 1.807) is 11.3 Å². The summed E-state index contributed by atoms with van der Waals surface area (Å²) in [5.74, 6) is 0.0916. The first kappa shape index (κ1) is 28.3. The van der Waals surface area contributed by atoms with Gasteiger partial charge in [0.1, 0.15) is 0 Å². The lowest BCUT2D eigenvalue weighted by molar-refractivity contribution is -0.137. The Morgan fingerprint density at radius 1 is 1.08 bits per heavy atom. The highest BCUT2D eigenvalue weighted by Crippen LogP contribution is 2.22. The number of carbonyl (C=O) groups excluding carboxylic acids is 2. The molecule has 1 aromatic heterocycles. The van der Waals surface area contributed by atoms with Gasteiger partial charge in [0.25, 0.3) is 0 Å². The summed E-state index contributed by atoms with van der Waals surface area (Å²) in [6.07, 6.45) is 2.28. The summed E-state index contributed by atoms with van der Waals surface area (Å²) in [7, 11) is -3.51. The van der Waals surface area contributed by atoms with Crippen molar-refractivity contribution in [3.05, 3.63) is 58.3 Å². The summed E-state index contributed by atoms with van der Waals surface area (Å²) >= 11 is 1.59. The van der Waals surface area contributed by atoms with E-state index in [2.05, 4.69) is 0 Å². The van der Waals surface area contributed by atoms with Gasteiger partial charge in [-0.1, -0.05) is 57.2 Å². The van der Waals surface area contributed by atoms with Crippen LogP contribution in [0, 0.1) is 5.92 Å². The number of thiophene rings is 1. The monoisotopic (exact) mass is 533 g/mol. The molecule has 0 N–H and O–H groups in total. The van der Waals surface area contributed by atoms with Gasteiger partial charge in [-0.2, -0.15) is 4.31 Å². The van der Waals surface area contributed by atoms with Crippen LogP contribution in [-0.2, 0) is 32.6 Å². The molecule has 0 unspecified atom stereocenters. The van der Waals surface area contributed by atoms with Crippen molar-refractivity contribution in [2.75, 3.05) is 31.9 Å². The molecule has 2 heterocycles. The Bertz CT molecular complexity index is 1060. The van der Waals surface area contributed by atoms with Crippen LogP contribution in [0.1, 0.15) is 50.5 Å². The average Bonchev–Trinajstić information content (AvgIpc) is 3.35. The van der Waals surface area contributed by atoms with E-state index in [1.807, 2.05) is 78.4 Å². The van der Waals surface area contributed by atoms with Crippen molar-refractivity contribution >= 4 is 33.2 Å². The third-order valence-corrected chi connectivity index (χ3v) is 9.28. The van der Waals surface area contributed by atoms with E-state index in [0.29, 0.717) is 51.9 Å². The van der Waals surface area contributed by atoms with Crippen molar-refractivity contribution in [2.24, 2.45) is 5.92 Å². The van der Waals surface area contributed by atoms with Crippen LogP contribution < -0.4 is 0 Å². The third kappa shape index (κ3) is 8.15. The molecule has 3 rings (SSSR count). The second-order valence-corrected chi connectivity index (χ2v) is 13.0. The van der Waals surface area contributed by atoms with Gasteiger partial charge in [-0.15, -0.1) is 11.3 Å². The van der Waals surface area contributed by atoms with E-state index in [0.717, 1.165) is 10.4 Å². The molecule has 1 aromatic carbocycles. The van der Waals surface area contributed by atoms with Crippen molar-refractivity contribution in [1.29, 1.82) is 0 Å². The standard InChI is InChI=1S/C27H39N3O4S2/c1-4-17-36(33,34)29(19-22(2)3)21-27(32)30(20-23-9-6-5-7-10-23)24-12-14-28(15-13-24)26(31)18-25-11-8-16-35-25/h5-11,16,22,24H,4,12-15,17-21H2,1-3H3. The normalized spacial score (nSPS) is 15.0. The predicted molar refractivity (Wildman–Crippen MR) is 145 cm³/mol. The number of rotatable bonds is 12. The zero-order valence-corrected chi connectivity index (χ0v) is 23.3. The molecular weight excluding hydrogens is 494 g/mol. The molecule has 1 saturated heterocycles. The fourth-order valence-corrected chi connectivity index (χ4v) is 6.92. The Balaban J connectivity index is 1.73. The molecule has 198 valence electrons. The fraction of sp³-hybridized carbons (Fsp3) is 0.556. The number of benzene rings is 1. The molecular formula is C27H39N3O4S2. The van der Waals surface area contributed by atoms with E-state index in [-0.39, 0.29) is 36.1 Å². The molecule has 0 bridgehead atoms. The lowest BCUT2D eigenvalue weighted by Crippen LogP contribution is -2.52. The highest BCUT2D eigenvalue weighted by molar-refractivity contribution is 7.89. The second-order valence-electron chi connectivity index (χ2n) is 9.88. The van der Waals surface area contributed by atoms with Crippen molar-refractivity contribution in [1.82, 2.24) is 14.1 Å². The van der Waals surface area contributed by atoms with Gasteiger partial charge in [0.2, 0.25) is 21.8 Å². The maximum atomic E-state index is 13.7. The van der Waals surface area contributed by atoms with Crippen molar-refractivity contribution in [3.8, 4) is 0 Å². The number of likely N-dealkylation sites (tertiary alicyclic amines) is 1. The molecule has 0 aliphatic carbocycles. The van der Waals surface area contributed by atoms with Crippen molar-refractivity contribution < 1.29 is 18.0 Å². The van der Waals surface area contributed by atoms with Crippen LogP contribution in [0.25, 0.3) is 0 Å². The minimum atomic E-state index is -3.51. The minimum absolute atomic E-state index is 0.0381. The highest BCUT2D eigenvalue weighted by atomic mass is 32.2. The molecule has 9 heteroatoms. The van der Waals surface area contributed by atoms with Crippen LogP contribution in [0.5, 0.6) is 0 Å². The number of hydrogen-bond donors (Lipinski definition) is 0. The second kappa shape index (κ2) is 13.4. The van der Waals surface area contributed by atoms with Crippen LogP contribution in [0.4, 0.5) is 0 Å². The van der Waals surface area contributed by atoms with Gasteiger partial charge < -0.3 is 9.80 Å². The molecule has 7 nitrogen and oxygen atoms in total. The van der Waals surface area contributed by atoms with E-state index in [9.17, 15) is 18.0 Å². The van der Waals surface area contributed by atoms with Gasteiger partial charge in [0.15, 0.2) is 0 Å². The summed E-state index contributed by atoms with van der Waals surface area (Å²) in [6, 6.07) is 13.7. The average molecular weight is 534 g/mol. The molecule has 0 spiro atoms. The van der Waals surface area contributed by atoms with Gasteiger partial charge in [-0.3, -0.25) is 9.59 Å². The van der Waals surface area contributed by atoms with Crippen LogP contribution in [0.3, 0.4) is 0 Å². The maximum Gasteiger partial charge on any atom is 0.238 e. The number of piperidine rings is 1. The van der Waals surface area contributed by atoms with Crippen LogP contribution in [0.15, 0.2) is 47.8 Å². The fourth-order valence-electron chi connectivity index (χ4n) is 4.61. The molecule has 36 heavy (non-hydrogen) atoms.